The summed E-state index contributed by atoms with van der Waals surface area (Å²) < 4.78 is 0. The van der Waals surface area contributed by atoms with Crippen molar-refractivity contribution in [2.45, 2.75) is 33.6 Å². The molecule has 1 N–H and O–H groups in total. The molecule has 0 aliphatic rings. The summed E-state index contributed by atoms with van der Waals surface area (Å²) in [6.07, 6.45) is 4.81. The molecule has 3 heteroatoms. The number of hydrogen-bond acceptors (Lipinski definition) is 2. The lowest BCUT2D eigenvalue weighted by Gasteiger charge is -2.02. The molecule has 0 unspecified atom stereocenters. The lowest BCUT2D eigenvalue weighted by Crippen LogP contribution is -2.25. The summed E-state index contributed by atoms with van der Waals surface area (Å²) in [6.45, 7) is 6.79. The fourth-order valence-corrected chi connectivity index (χ4v) is 1.01. The predicted octanol–water partition coefficient (Wildman–Crippen LogP) is 2.18. The normalized spacial score (nSPS) is 8.73. The van der Waals surface area contributed by atoms with Crippen molar-refractivity contribution in [3.63, 3.8) is 0 Å². The van der Waals surface area contributed by atoms with Gasteiger partial charge in [-0.15, -0.1) is 0 Å². The summed E-state index contributed by atoms with van der Waals surface area (Å²) in [5, 5.41) is 2.82. The van der Waals surface area contributed by atoms with E-state index in [9.17, 15) is 4.79 Å². The van der Waals surface area contributed by atoms with Crippen LogP contribution >= 0.6 is 0 Å². The average molecular weight is 208 g/mol. The second-order valence-electron chi connectivity index (χ2n) is 2.88. The molecular weight excluding hydrogens is 188 g/mol. The van der Waals surface area contributed by atoms with E-state index in [-0.39, 0.29) is 5.91 Å². The fourth-order valence-electron chi connectivity index (χ4n) is 1.01. The average Bonchev–Trinajstić information content (AvgIpc) is 2.30. The van der Waals surface area contributed by atoms with Crippen LogP contribution in [-0.2, 0) is 11.2 Å². The van der Waals surface area contributed by atoms with E-state index in [1.54, 1.807) is 12.4 Å². The molecule has 1 heterocycles. The minimum absolute atomic E-state index is 0.0769. The van der Waals surface area contributed by atoms with Gasteiger partial charge in [0, 0.05) is 18.9 Å². The molecule has 15 heavy (non-hydrogen) atoms. The van der Waals surface area contributed by atoms with E-state index in [4.69, 9.17) is 0 Å². The van der Waals surface area contributed by atoms with Crippen molar-refractivity contribution in [1.82, 2.24) is 10.3 Å². The predicted molar refractivity (Wildman–Crippen MR) is 62.6 cm³/mol. The van der Waals surface area contributed by atoms with E-state index in [1.807, 2.05) is 32.9 Å². The Morgan fingerprint density at radius 2 is 1.93 bits per heavy atom. The molecule has 0 radical (unpaired) electrons. The van der Waals surface area contributed by atoms with E-state index in [0.29, 0.717) is 6.42 Å². The molecule has 3 nitrogen and oxygen atoms in total. The second-order valence-corrected chi connectivity index (χ2v) is 2.88. The van der Waals surface area contributed by atoms with Crippen molar-refractivity contribution in [3.05, 3.63) is 30.1 Å². The summed E-state index contributed by atoms with van der Waals surface area (Å²) >= 11 is 0. The fraction of sp³-hybridized carbons (Fsp3) is 0.500. The number of carbonyl (C=O) groups is 1. The Kier molecular flexibility index (Phi) is 8.34. The number of amides is 1. The first-order chi connectivity index (χ1) is 7.33. The minimum atomic E-state index is 0.0769. The zero-order valence-corrected chi connectivity index (χ0v) is 9.79. The Labute approximate surface area is 91.9 Å². The number of pyridine rings is 1. The van der Waals surface area contributed by atoms with Gasteiger partial charge in [0.1, 0.15) is 0 Å². The molecule has 0 saturated heterocycles. The highest BCUT2D eigenvalue weighted by atomic mass is 16.1. The molecule has 0 spiro atoms. The molecule has 1 amide bonds. The Bertz CT molecular complexity index is 260. The second kappa shape index (κ2) is 9.19. The zero-order chi connectivity index (χ0) is 11.5. The van der Waals surface area contributed by atoms with Crippen LogP contribution in [0.3, 0.4) is 0 Å². The highest BCUT2D eigenvalue weighted by molar-refractivity contribution is 5.78. The largest absolute Gasteiger partial charge is 0.356 e. The number of hydrogen-bond donors (Lipinski definition) is 1. The van der Waals surface area contributed by atoms with Gasteiger partial charge in [-0.3, -0.25) is 9.78 Å². The van der Waals surface area contributed by atoms with Gasteiger partial charge in [0.2, 0.25) is 5.91 Å². The lowest BCUT2D eigenvalue weighted by atomic mass is 10.2. The molecule has 0 aliphatic heterocycles. The first-order valence-electron chi connectivity index (χ1n) is 5.48. The van der Waals surface area contributed by atoms with Crippen LogP contribution in [0, 0.1) is 0 Å². The van der Waals surface area contributed by atoms with Gasteiger partial charge < -0.3 is 5.32 Å². The number of carbonyl (C=O) groups excluding carboxylic acids is 1. The number of aromatic nitrogens is 1. The van der Waals surface area contributed by atoms with Gasteiger partial charge in [0.25, 0.3) is 0 Å². The number of nitrogens with zero attached hydrogens (tertiary/aromatic N) is 1. The summed E-state index contributed by atoms with van der Waals surface area (Å²) in [5.41, 5.74) is 1.00. The van der Waals surface area contributed by atoms with E-state index in [1.165, 1.54) is 0 Å². The maximum Gasteiger partial charge on any atom is 0.224 e. The van der Waals surface area contributed by atoms with Crippen LogP contribution in [0.15, 0.2) is 24.5 Å². The van der Waals surface area contributed by atoms with Crippen molar-refractivity contribution >= 4 is 5.91 Å². The molecule has 0 bridgehead atoms. The quantitative estimate of drug-likeness (QED) is 0.824. The van der Waals surface area contributed by atoms with Crippen LogP contribution in [-0.4, -0.2) is 17.4 Å². The van der Waals surface area contributed by atoms with Crippen molar-refractivity contribution in [3.8, 4) is 0 Å². The van der Waals surface area contributed by atoms with Crippen molar-refractivity contribution in [1.29, 1.82) is 0 Å². The number of rotatable bonds is 4. The van der Waals surface area contributed by atoms with E-state index >= 15 is 0 Å². The molecule has 0 fully saturated rings. The van der Waals surface area contributed by atoms with Gasteiger partial charge in [0.15, 0.2) is 0 Å². The highest BCUT2D eigenvalue weighted by Gasteiger charge is 2.00. The van der Waals surface area contributed by atoms with Crippen LogP contribution in [0.2, 0.25) is 0 Å². The smallest absolute Gasteiger partial charge is 0.224 e. The first kappa shape index (κ1) is 13.6. The topological polar surface area (TPSA) is 42.0 Å². The third kappa shape index (κ3) is 6.66. The SMILES string of the molecule is CC.CCCNC(=O)Cc1ccncc1. The van der Waals surface area contributed by atoms with Crippen molar-refractivity contribution in [2.75, 3.05) is 6.54 Å². The Morgan fingerprint density at radius 3 is 2.47 bits per heavy atom. The standard InChI is InChI=1S/C10H14N2O.C2H6/c1-2-5-12-10(13)8-9-3-6-11-7-4-9;1-2/h3-4,6-7H,2,5,8H2,1H3,(H,12,13);1-2H3. The number of nitrogens with one attached hydrogen (secondary N) is 1. The molecule has 1 rings (SSSR count). The molecular formula is C12H20N2O. The van der Waals surface area contributed by atoms with Crippen LogP contribution in [0.4, 0.5) is 0 Å². The van der Waals surface area contributed by atoms with Gasteiger partial charge in [-0.05, 0) is 24.1 Å². The summed E-state index contributed by atoms with van der Waals surface area (Å²) in [6, 6.07) is 3.71. The summed E-state index contributed by atoms with van der Waals surface area (Å²) in [7, 11) is 0. The Balaban J connectivity index is 0.000000921. The van der Waals surface area contributed by atoms with Crippen LogP contribution in [0.25, 0.3) is 0 Å². The Morgan fingerprint density at radius 1 is 1.33 bits per heavy atom. The molecule has 0 aliphatic carbocycles. The molecule has 1 aromatic heterocycles. The maximum atomic E-state index is 11.2. The zero-order valence-electron chi connectivity index (χ0n) is 9.79. The van der Waals surface area contributed by atoms with Gasteiger partial charge in [-0.1, -0.05) is 20.8 Å². The van der Waals surface area contributed by atoms with Crippen molar-refractivity contribution in [2.24, 2.45) is 0 Å². The van der Waals surface area contributed by atoms with E-state index in [2.05, 4.69) is 10.3 Å². The molecule has 0 saturated carbocycles. The van der Waals surface area contributed by atoms with Gasteiger partial charge in [-0.2, -0.15) is 0 Å². The third-order valence-electron chi connectivity index (χ3n) is 1.69. The molecule has 0 aromatic carbocycles. The lowest BCUT2D eigenvalue weighted by molar-refractivity contribution is -0.120. The van der Waals surface area contributed by atoms with Gasteiger partial charge in [-0.25, -0.2) is 0 Å². The molecule has 1 aromatic rings. The summed E-state index contributed by atoms with van der Waals surface area (Å²) in [5.74, 6) is 0.0769. The van der Waals surface area contributed by atoms with E-state index in [0.717, 1.165) is 18.5 Å². The van der Waals surface area contributed by atoms with Crippen LogP contribution < -0.4 is 5.32 Å². The Hall–Kier alpha value is -1.38. The molecule has 0 atom stereocenters. The van der Waals surface area contributed by atoms with Gasteiger partial charge in [0.05, 0.1) is 6.42 Å². The molecule has 84 valence electrons. The highest BCUT2D eigenvalue weighted by Crippen LogP contribution is 1.96. The maximum absolute atomic E-state index is 11.2. The monoisotopic (exact) mass is 208 g/mol. The van der Waals surface area contributed by atoms with Crippen LogP contribution in [0.5, 0.6) is 0 Å². The van der Waals surface area contributed by atoms with Gasteiger partial charge >= 0.3 is 0 Å². The summed E-state index contributed by atoms with van der Waals surface area (Å²) in [4.78, 5) is 15.1. The first-order valence-corrected chi connectivity index (χ1v) is 5.48. The minimum Gasteiger partial charge on any atom is -0.356 e. The third-order valence-corrected chi connectivity index (χ3v) is 1.69. The van der Waals surface area contributed by atoms with Crippen molar-refractivity contribution < 1.29 is 4.79 Å². The van der Waals surface area contributed by atoms with Crippen LogP contribution in [0.1, 0.15) is 32.8 Å². The van der Waals surface area contributed by atoms with E-state index < -0.39 is 0 Å².